The van der Waals surface area contributed by atoms with Crippen LogP contribution >= 0.6 is 11.6 Å². The largest absolute Gasteiger partial charge is 0.337 e. The van der Waals surface area contributed by atoms with Gasteiger partial charge in [0.15, 0.2) is 0 Å². The zero-order valence-electron chi connectivity index (χ0n) is 14.9. The zero-order chi connectivity index (χ0) is 19.5. The van der Waals surface area contributed by atoms with E-state index < -0.39 is 0 Å². The molecule has 0 saturated carbocycles. The van der Waals surface area contributed by atoms with Crippen LogP contribution in [-0.2, 0) is 0 Å². The number of likely N-dealkylation sites (tertiary alicyclic amines) is 1. The Labute approximate surface area is 166 Å². The van der Waals surface area contributed by atoms with Crippen molar-refractivity contribution in [3.05, 3.63) is 65.3 Å². The predicted molar refractivity (Wildman–Crippen MR) is 103 cm³/mol. The number of benzene rings is 2. The van der Waals surface area contributed by atoms with Crippen LogP contribution in [0.4, 0.5) is 14.9 Å². The summed E-state index contributed by atoms with van der Waals surface area (Å²) in [6.45, 7) is 0.596. The van der Waals surface area contributed by atoms with Gasteiger partial charge >= 0.3 is 6.03 Å². The molecule has 144 valence electrons. The summed E-state index contributed by atoms with van der Waals surface area (Å²) in [7, 11) is 0. The van der Waals surface area contributed by atoms with Gasteiger partial charge in [-0.05, 0) is 67.8 Å². The second-order valence-corrected chi connectivity index (χ2v) is 7.04. The second-order valence-electron chi connectivity index (χ2n) is 6.61. The van der Waals surface area contributed by atoms with Gasteiger partial charge in [-0.2, -0.15) is 4.98 Å². The highest BCUT2D eigenvalue weighted by Gasteiger charge is 2.32. The summed E-state index contributed by atoms with van der Waals surface area (Å²) in [5, 5.41) is 7.48. The monoisotopic (exact) mass is 400 g/mol. The van der Waals surface area contributed by atoms with Gasteiger partial charge < -0.3 is 14.7 Å². The minimum atomic E-state index is -0.329. The van der Waals surface area contributed by atoms with E-state index in [1.54, 1.807) is 41.3 Å². The van der Waals surface area contributed by atoms with Crippen molar-refractivity contribution in [2.24, 2.45) is 0 Å². The lowest BCUT2D eigenvalue weighted by Crippen LogP contribution is -2.41. The summed E-state index contributed by atoms with van der Waals surface area (Å²) >= 11 is 5.89. The van der Waals surface area contributed by atoms with E-state index in [0.717, 1.165) is 19.3 Å². The molecule has 0 spiro atoms. The summed E-state index contributed by atoms with van der Waals surface area (Å²) < 4.78 is 18.6. The molecule has 4 rings (SSSR count). The third-order valence-electron chi connectivity index (χ3n) is 4.69. The van der Waals surface area contributed by atoms with E-state index >= 15 is 0 Å². The van der Waals surface area contributed by atoms with Gasteiger partial charge in [0.05, 0.1) is 0 Å². The van der Waals surface area contributed by atoms with Crippen LogP contribution in [0.3, 0.4) is 0 Å². The molecular formula is C20H18ClFN4O2. The van der Waals surface area contributed by atoms with E-state index in [1.807, 2.05) is 0 Å². The number of urea groups is 1. The van der Waals surface area contributed by atoms with Gasteiger partial charge in [0.2, 0.25) is 11.7 Å². The quantitative estimate of drug-likeness (QED) is 0.648. The molecule has 1 aliphatic rings. The van der Waals surface area contributed by atoms with Crippen molar-refractivity contribution >= 4 is 23.3 Å². The van der Waals surface area contributed by atoms with E-state index in [2.05, 4.69) is 15.5 Å². The van der Waals surface area contributed by atoms with Crippen molar-refractivity contribution in [2.75, 3.05) is 11.9 Å². The smallest absolute Gasteiger partial charge is 0.322 e. The molecule has 2 heterocycles. The first-order valence-electron chi connectivity index (χ1n) is 9.03. The van der Waals surface area contributed by atoms with E-state index in [4.69, 9.17) is 16.1 Å². The third kappa shape index (κ3) is 3.99. The van der Waals surface area contributed by atoms with E-state index in [0.29, 0.717) is 34.5 Å². The van der Waals surface area contributed by atoms with Crippen LogP contribution in [0.25, 0.3) is 11.4 Å². The molecule has 2 aromatic carbocycles. The lowest BCUT2D eigenvalue weighted by Gasteiger charge is -2.33. The molecule has 8 heteroatoms. The average Bonchev–Trinajstić information content (AvgIpc) is 3.20. The van der Waals surface area contributed by atoms with Crippen molar-refractivity contribution in [1.29, 1.82) is 0 Å². The number of rotatable bonds is 3. The van der Waals surface area contributed by atoms with Gasteiger partial charge in [0, 0.05) is 22.8 Å². The number of carbonyl (C=O) groups excluding carboxylic acids is 1. The number of halogens is 2. The molecule has 2 amide bonds. The molecular weight excluding hydrogens is 383 g/mol. The van der Waals surface area contributed by atoms with Gasteiger partial charge in [-0.1, -0.05) is 16.8 Å². The second kappa shape index (κ2) is 7.98. The fourth-order valence-electron chi connectivity index (χ4n) is 3.25. The Bertz CT molecular complexity index is 959. The van der Waals surface area contributed by atoms with Crippen LogP contribution in [0.15, 0.2) is 53.1 Å². The average molecular weight is 401 g/mol. The molecule has 0 radical (unpaired) electrons. The highest BCUT2D eigenvalue weighted by molar-refractivity contribution is 6.30. The highest BCUT2D eigenvalue weighted by atomic mass is 35.5. The minimum absolute atomic E-state index is 0.228. The maximum atomic E-state index is 13.1. The first-order valence-corrected chi connectivity index (χ1v) is 9.41. The lowest BCUT2D eigenvalue weighted by atomic mass is 10.0. The van der Waals surface area contributed by atoms with Crippen molar-refractivity contribution in [3.63, 3.8) is 0 Å². The van der Waals surface area contributed by atoms with E-state index in [1.165, 1.54) is 12.1 Å². The van der Waals surface area contributed by atoms with Crippen molar-refractivity contribution in [3.8, 4) is 11.4 Å². The Morgan fingerprint density at radius 1 is 1.14 bits per heavy atom. The van der Waals surface area contributed by atoms with Crippen molar-refractivity contribution in [2.45, 2.75) is 25.3 Å². The van der Waals surface area contributed by atoms with Gasteiger partial charge in [-0.15, -0.1) is 0 Å². The number of carbonyl (C=O) groups is 1. The summed E-state index contributed by atoms with van der Waals surface area (Å²) in [5.74, 6) is 0.425. The van der Waals surface area contributed by atoms with Gasteiger partial charge in [0.1, 0.15) is 11.9 Å². The van der Waals surface area contributed by atoms with Crippen LogP contribution in [0, 0.1) is 5.82 Å². The summed E-state index contributed by atoms with van der Waals surface area (Å²) in [5.41, 5.74) is 1.32. The third-order valence-corrected chi connectivity index (χ3v) is 4.94. The number of anilines is 1. The number of piperidine rings is 1. The molecule has 1 saturated heterocycles. The Balaban J connectivity index is 1.53. The van der Waals surface area contributed by atoms with Crippen molar-refractivity contribution < 1.29 is 13.7 Å². The van der Waals surface area contributed by atoms with E-state index in [-0.39, 0.29) is 17.9 Å². The molecule has 1 atom stereocenters. The Morgan fingerprint density at radius 2 is 1.89 bits per heavy atom. The van der Waals surface area contributed by atoms with Gasteiger partial charge in [-0.25, -0.2) is 9.18 Å². The maximum Gasteiger partial charge on any atom is 0.322 e. The number of hydrogen-bond donors (Lipinski definition) is 1. The standard InChI is InChI=1S/C20H18ClFN4O2/c21-14-6-10-16(11-7-14)23-20(27)26-12-2-1-3-17(26)19-24-18(25-28-19)13-4-8-15(22)9-5-13/h4-11,17H,1-3,12H2,(H,23,27)/t17-/m1/s1. The van der Waals surface area contributed by atoms with Crippen LogP contribution in [-0.4, -0.2) is 27.6 Å². The van der Waals surface area contributed by atoms with Crippen LogP contribution < -0.4 is 5.32 Å². The number of amides is 2. The van der Waals surface area contributed by atoms with Gasteiger partial charge in [-0.3, -0.25) is 0 Å². The molecule has 0 aliphatic carbocycles. The molecule has 0 bridgehead atoms. The Kier molecular flexibility index (Phi) is 5.25. The van der Waals surface area contributed by atoms with Crippen molar-refractivity contribution in [1.82, 2.24) is 15.0 Å². The fourth-order valence-corrected chi connectivity index (χ4v) is 3.37. The predicted octanol–water partition coefficient (Wildman–Crippen LogP) is 5.29. The number of aromatic nitrogens is 2. The SMILES string of the molecule is O=C(Nc1ccc(Cl)cc1)N1CCCC[C@@H]1c1nc(-c2ccc(F)cc2)no1. The Morgan fingerprint density at radius 3 is 2.64 bits per heavy atom. The lowest BCUT2D eigenvalue weighted by molar-refractivity contribution is 0.142. The fraction of sp³-hybridized carbons (Fsp3) is 0.250. The summed E-state index contributed by atoms with van der Waals surface area (Å²) in [6, 6.07) is 12.3. The molecule has 1 aromatic heterocycles. The van der Waals surface area contributed by atoms with E-state index in [9.17, 15) is 9.18 Å². The first-order chi connectivity index (χ1) is 13.6. The minimum Gasteiger partial charge on any atom is -0.337 e. The maximum absolute atomic E-state index is 13.1. The molecule has 6 nitrogen and oxygen atoms in total. The topological polar surface area (TPSA) is 71.3 Å². The summed E-state index contributed by atoms with van der Waals surface area (Å²) in [6.07, 6.45) is 2.60. The normalized spacial score (nSPS) is 16.8. The Hall–Kier alpha value is -2.93. The number of nitrogens with zero attached hydrogens (tertiary/aromatic N) is 3. The molecule has 3 aromatic rings. The molecule has 0 unspecified atom stereocenters. The number of hydrogen-bond acceptors (Lipinski definition) is 4. The molecule has 1 aliphatic heterocycles. The van der Waals surface area contributed by atoms with Gasteiger partial charge in [0.25, 0.3) is 0 Å². The first kappa shape index (κ1) is 18.4. The summed E-state index contributed by atoms with van der Waals surface area (Å²) in [4.78, 5) is 19.0. The highest BCUT2D eigenvalue weighted by Crippen LogP contribution is 2.31. The number of nitrogens with one attached hydrogen (secondary N) is 1. The van der Waals surface area contributed by atoms with Crippen LogP contribution in [0.5, 0.6) is 0 Å². The zero-order valence-corrected chi connectivity index (χ0v) is 15.7. The molecule has 1 N–H and O–H groups in total. The molecule has 1 fully saturated rings. The molecule has 28 heavy (non-hydrogen) atoms. The van der Waals surface area contributed by atoms with Crippen LogP contribution in [0.1, 0.15) is 31.2 Å². The van der Waals surface area contributed by atoms with Crippen LogP contribution in [0.2, 0.25) is 5.02 Å².